The van der Waals surface area contributed by atoms with Gasteiger partial charge in [0.2, 0.25) is 15.9 Å². The molecule has 28 heavy (non-hydrogen) atoms. The zero-order valence-corrected chi connectivity index (χ0v) is 17.8. The van der Waals surface area contributed by atoms with Gasteiger partial charge >= 0.3 is 0 Å². The van der Waals surface area contributed by atoms with Crippen LogP contribution >= 0.6 is 22.9 Å². The second kappa shape index (κ2) is 9.84. The van der Waals surface area contributed by atoms with Crippen LogP contribution in [-0.2, 0) is 21.2 Å². The third kappa shape index (κ3) is 6.28. The van der Waals surface area contributed by atoms with E-state index in [2.05, 4.69) is 21.0 Å². The number of halogens is 1. The van der Waals surface area contributed by atoms with Crippen molar-refractivity contribution in [3.05, 3.63) is 51.7 Å². The average Bonchev–Trinajstić information content (AvgIpc) is 3.17. The summed E-state index contributed by atoms with van der Waals surface area (Å²) >= 11 is 7.51. The number of hydrogen-bond donors (Lipinski definition) is 2. The number of hydrogen-bond acceptors (Lipinski definition) is 5. The maximum atomic E-state index is 12.5. The summed E-state index contributed by atoms with van der Waals surface area (Å²) in [5.74, 6) is 0.0109. The summed E-state index contributed by atoms with van der Waals surface area (Å²) in [6, 6.07) is 10.1. The van der Waals surface area contributed by atoms with Crippen molar-refractivity contribution in [1.29, 1.82) is 0 Å². The topological polar surface area (TPSA) is 78.5 Å². The molecular formula is C19H24ClN3O3S2. The van der Waals surface area contributed by atoms with Crippen LogP contribution in [0.3, 0.4) is 0 Å². The molecule has 0 aliphatic carbocycles. The first-order chi connectivity index (χ1) is 13.4. The molecule has 0 radical (unpaired) electrons. The number of sulfonamides is 1. The molecule has 1 aliphatic rings. The summed E-state index contributed by atoms with van der Waals surface area (Å²) in [6.45, 7) is 2.36. The molecule has 1 amide bonds. The third-order valence-corrected chi connectivity index (χ3v) is 7.40. The highest BCUT2D eigenvalue weighted by Gasteiger charge is 2.25. The molecule has 152 valence electrons. The lowest BCUT2D eigenvalue weighted by atomic mass is 10.1. The van der Waals surface area contributed by atoms with Gasteiger partial charge in [0.05, 0.1) is 11.4 Å². The van der Waals surface area contributed by atoms with Crippen LogP contribution in [0.4, 0.5) is 0 Å². The lowest BCUT2D eigenvalue weighted by Gasteiger charge is -2.31. The number of carbonyl (C=O) groups is 1. The molecule has 2 heterocycles. The summed E-state index contributed by atoms with van der Waals surface area (Å²) in [5, 5.41) is 5.48. The Morgan fingerprint density at radius 3 is 2.54 bits per heavy atom. The van der Waals surface area contributed by atoms with Gasteiger partial charge in [-0.05, 0) is 55.0 Å². The Morgan fingerprint density at radius 1 is 1.18 bits per heavy atom. The number of carbonyl (C=O) groups excluding carboxylic acids is 1. The van der Waals surface area contributed by atoms with Gasteiger partial charge in [0, 0.05) is 35.6 Å². The van der Waals surface area contributed by atoms with Crippen molar-refractivity contribution in [2.45, 2.75) is 30.2 Å². The molecule has 0 bridgehead atoms. The zero-order valence-electron chi connectivity index (χ0n) is 15.4. The molecule has 1 aliphatic heterocycles. The van der Waals surface area contributed by atoms with E-state index in [9.17, 15) is 13.2 Å². The van der Waals surface area contributed by atoms with Crippen molar-refractivity contribution in [3.8, 4) is 0 Å². The maximum Gasteiger partial charge on any atom is 0.240 e. The molecular weight excluding hydrogens is 418 g/mol. The van der Waals surface area contributed by atoms with Gasteiger partial charge in [-0.2, -0.15) is 0 Å². The van der Waals surface area contributed by atoms with Crippen LogP contribution in [0.15, 0.2) is 46.7 Å². The van der Waals surface area contributed by atoms with E-state index in [1.165, 1.54) is 17.0 Å². The zero-order chi connectivity index (χ0) is 20.0. The molecule has 1 aromatic carbocycles. The molecule has 2 aromatic rings. The second-order valence-corrected chi connectivity index (χ2v) is 9.99. The van der Waals surface area contributed by atoms with Crippen molar-refractivity contribution >= 4 is 38.9 Å². The molecule has 0 saturated carbocycles. The van der Waals surface area contributed by atoms with Gasteiger partial charge in [0.25, 0.3) is 0 Å². The molecule has 0 spiro atoms. The lowest BCUT2D eigenvalue weighted by molar-refractivity contribution is -0.122. The van der Waals surface area contributed by atoms with Crippen LogP contribution < -0.4 is 10.0 Å². The van der Waals surface area contributed by atoms with Crippen LogP contribution in [0.2, 0.25) is 5.02 Å². The highest BCUT2D eigenvalue weighted by Crippen LogP contribution is 2.17. The van der Waals surface area contributed by atoms with E-state index in [1.807, 2.05) is 11.4 Å². The van der Waals surface area contributed by atoms with Gasteiger partial charge in [0.15, 0.2) is 0 Å². The van der Waals surface area contributed by atoms with Crippen LogP contribution in [-0.4, -0.2) is 51.4 Å². The molecule has 9 heteroatoms. The number of thiophene rings is 1. The molecule has 1 aromatic heterocycles. The summed E-state index contributed by atoms with van der Waals surface area (Å²) in [4.78, 5) is 15.6. The molecule has 0 atom stereocenters. The predicted octanol–water partition coefficient (Wildman–Crippen LogP) is 2.50. The van der Waals surface area contributed by atoms with E-state index in [0.717, 1.165) is 6.42 Å². The summed E-state index contributed by atoms with van der Waals surface area (Å²) in [6.07, 6.45) is 2.20. The van der Waals surface area contributed by atoms with E-state index in [-0.39, 0.29) is 16.8 Å². The molecule has 1 saturated heterocycles. The minimum absolute atomic E-state index is 0.0109. The van der Waals surface area contributed by atoms with Crippen molar-refractivity contribution in [2.75, 3.05) is 26.2 Å². The highest BCUT2D eigenvalue weighted by molar-refractivity contribution is 7.89. The molecule has 3 rings (SSSR count). The number of rotatable bonds is 8. The molecule has 6 nitrogen and oxygen atoms in total. The number of likely N-dealkylation sites (tertiary alicyclic amines) is 1. The Bertz CT molecular complexity index is 862. The van der Waals surface area contributed by atoms with Crippen LogP contribution in [0.1, 0.15) is 17.7 Å². The minimum atomic E-state index is -3.56. The van der Waals surface area contributed by atoms with Gasteiger partial charge < -0.3 is 5.32 Å². The van der Waals surface area contributed by atoms with Gasteiger partial charge in [-0.1, -0.05) is 17.7 Å². The largest absolute Gasteiger partial charge is 0.355 e. The fraction of sp³-hybridized carbons (Fsp3) is 0.421. The predicted molar refractivity (Wildman–Crippen MR) is 112 cm³/mol. The van der Waals surface area contributed by atoms with Crippen molar-refractivity contribution in [3.63, 3.8) is 0 Å². The summed E-state index contributed by atoms with van der Waals surface area (Å²) in [7, 11) is -3.56. The van der Waals surface area contributed by atoms with E-state index < -0.39 is 10.0 Å². The number of piperidine rings is 1. The highest BCUT2D eigenvalue weighted by atomic mass is 35.5. The van der Waals surface area contributed by atoms with E-state index in [1.54, 1.807) is 23.5 Å². The van der Waals surface area contributed by atoms with Gasteiger partial charge in [-0.15, -0.1) is 11.3 Å². The first-order valence-corrected chi connectivity index (χ1v) is 12.0. The standard InChI is InChI=1S/C19H24ClN3O3S2/c20-15-3-5-18(6-4-15)28(25,26)22-16-8-11-23(12-9-16)14-19(24)21-10-7-17-2-1-13-27-17/h1-6,13,16,22H,7-12,14H2,(H,21,24). The lowest BCUT2D eigenvalue weighted by Crippen LogP contribution is -2.47. The Kier molecular flexibility index (Phi) is 7.48. The Labute approximate surface area is 174 Å². The Balaban J connectivity index is 1.39. The third-order valence-electron chi connectivity index (χ3n) is 4.67. The Hall–Kier alpha value is -1.45. The SMILES string of the molecule is O=C(CN1CCC(NS(=O)(=O)c2ccc(Cl)cc2)CC1)NCCc1cccs1. The van der Waals surface area contributed by atoms with Gasteiger partial charge in [-0.3, -0.25) is 9.69 Å². The molecule has 0 unspecified atom stereocenters. The smallest absolute Gasteiger partial charge is 0.240 e. The van der Waals surface area contributed by atoms with Gasteiger partial charge in [0.1, 0.15) is 0 Å². The van der Waals surface area contributed by atoms with Crippen molar-refractivity contribution < 1.29 is 13.2 Å². The Morgan fingerprint density at radius 2 is 1.89 bits per heavy atom. The van der Waals surface area contributed by atoms with Crippen LogP contribution in [0.5, 0.6) is 0 Å². The maximum absolute atomic E-state index is 12.5. The number of amides is 1. The monoisotopic (exact) mass is 441 g/mol. The van der Waals surface area contributed by atoms with Crippen LogP contribution in [0.25, 0.3) is 0 Å². The molecule has 2 N–H and O–H groups in total. The molecule has 1 fully saturated rings. The number of nitrogens with zero attached hydrogens (tertiary/aromatic N) is 1. The van der Waals surface area contributed by atoms with Crippen molar-refractivity contribution in [2.24, 2.45) is 0 Å². The van der Waals surface area contributed by atoms with E-state index in [0.29, 0.717) is 44.0 Å². The second-order valence-electron chi connectivity index (χ2n) is 6.80. The fourth-order valence-electron chi connectivity index (χ4n) is 3.15. The average molecular weight is 442 g/mol. The first kappa shape index (κ1) is 21.3. The quantitative estimate of drug-likeness (QED) is 0.659. The normalized spacial score (nSPS) is 16.2. The number of benzene rings is 1. The summed E-state index contributed by atoms with van der Waals surface area (Å²) in [5.41, 5.74) is 0. The summed E-state index contributed by atoms with van der Waals surface area (Å²) < 4.78 is 27.7. The van der Waals surface area contributed by atoms with Gasteiger partial charge in [-0.25, -0.2) is 13.1 Å². The first-order valence-electron chi connectivity index (χ1n) is 9.22. The van der Waals surface area contributed by atoms with Crippen LogP contribution in [0, 0.1) is 0 Å². The van der Waals surface area contributed by atoms with E-state index >= 15 is 0 Å². The van der Waals surface area contributed by atoms with Crippen molar-refractivity contribution in [1.82, 2.24) is 14.9 Å². The minimum Gasteiger partial charge on any atom is -0.355 e. The fourth-order valence-corrected chi connectivity index (χ4v) is 5.29. The van der Waals surface area contributed by atoms with E-state index in [4.69, 9.17) is 11.6 Å². The number of nitrogens with one attached hydrogen (secondary N) is 2.